The molecule has 6 nitrogen and oxygen atoms in total. The zero-order chi connectivity index (χ0) is 18.8. The van der Waals surface area contributed by atoms with Crippen molar-refractivity contribution < 1.29 is 23.9 Å². The van der Waals surface area contributed by atoms with Crippen LogP contribution < -0.4 is 10.1 Å². The van der Waals surface area contributed by atoms with Crippen LogP contribution in [0.15, 0.2) is 54.6 Å². The molecule has 0 aliphatic carbocycles. The smallest absolute Gasteiger partial charge is 0.344 e. The van der Waals surface area contributed by atoms with Crippen LogP contribution in [0.3, 0.4) is 0 Å². The number of benzene rings is 2. The molecular formula is C20H21NO5. The molecule has 1 amide bonds. The molecule has 1 atom stereocenters. The first kappa shape index (κ1) is 19.2. The van der Waals surface area contributed by atoms with Gasteiger partial charge in [-0.25, -0.2) is 4.79 Å². The van der Waals surface area contributed by atoms with Crippen molar-refractivity contribution in [2.75, 3.05) is 19.8 Å². The first-order valence-electron chi connectivity index (χ1n) is 8.24. The largest absolute Gasteiger partial charge is 0.481 e. The van der Waals surface area contributed by atoms with E-state index in [1.54, 1.807) is 24.3 Å². The Bertz CT molecular complexity index is 745. The molecule has 6 heteroatoms. The maximum absolute atomic E-state index is 11.8. The lowest BCUT2D eigenvalue weighted by Crippen LogP contribution is -2.32. The summed E-state index contributed by atoms with van der Waals surface area (Å²) < 4.78 is 10.1. The fraction of sp³-hybridized carbons (Fsp3) is 0.250. The Balaban J connectivity index is 1.68. The van der Waals surface area contributed by atoms with Crippen LogP contribution in [-0.2, 0) is 14.3 Å². The van der Waals surface area contributed by atoms with Gasteiger partial charge in [0.25, 0.3) is 5.91 Å². The van der Waals surface area contributed by atoms with Gasteiger partial charge in [-0.05, 0) is 23.6 Å². The Morgan fingerprint density at radius 3 is 2.46 bits per heavy atom. The van der Waals surface area contributed by atoms with Gasteiger partial charge in [0.1, 0.15) is 5.75 Å². The Kier molecular flexibility index (Phi) is 7.36. The minimum atomic E-state index is -0.683. The Morgan fingerprint density at radius 1 is 1.04 bits per heavy atom. The van der Waals surface area contributed by atoms with Crippen molar-refractivity contribution >= 4 is 18.2 Å². The topological polar surface area (TPSA) is 81.7 Å². The molecule has 0 heterocycles. The molecule has 2 aromatic carbocycles. The van der Waals surface area contributed by atoms with Gasteiger partial charge in [0.2, 0.25) is 0 Å². The molecular weight excluding hydrogens is 334 g/mol. The summed E-state index contributed by atoms with van der Waals surface area (Å²) in [6.45, 7) is 1.70. The van der Waals surface area contributed by atoms with E-state index >= 15 is 0 Å². The number of ether oxygens (including phenoxy) is 2. The third kappa shape index (κ3) is 6.05. The average Bonchev–Trinajstić information content (AvgIpc) is 2.69. The van der Waals surface area contributed by atoms with Gasteiger partial charge in [0.15, 0.2) is 19.5 Å². The van der Waals surface area contributed by atoms with Gasteiger partial charge in [-0.2, -0.15) is 0 Å². The van der Waals surface area contributed by atoms with Crippen LogP contribution in [0.1, 0.15) is 28.8 Å². The number of carbonyl (C=O) groups excluding carboxylic acids is 3. The summed E-state index contributed by atoms with van der Waals surface area (Å²) in [5.74, 6) is -0.619. The lowest BCUT2D eigenvalue weighted by molar-refractivity contribution is -0.150. The number of hydrogen-bond acceptors (Lipinski definition) is 5. The Morgan fingerprint density at radius 2 is 1.73 bits per heavy atom. The molecule has 0 bridgehead atoms. The summed E-state index contributed by atoms with van der Waals surface area (Å²) in [7, 11) is 0. The van der Waals surface area contributed by atoms with E-state index in [1.165, 1.54) is 0 Å². The zero-order valence-electron chi connectivity index (χ0n) is 14.5. The van der Waals surface area contributed by atoms with Crippen molar-refractivity contribution in [1.82, 2.24) is 5.32 Å². The molecule has 136 valence electrons. The average molecular weight is 355 g/mol. The SMILES string of the molecule is C[C@@H](CNC(=O)COC(=O)COc1ccccc1C=O)c1ccccc1. The highest BCUT2D eigenvalue weighted by molar-refractivity contribution is 5.81. The lowest BCUT2D eigenvalue weighted by atomic mass is 10.0. The second-order valence-electron chi connectivity index (χ2n) is 5.72. The maximum Gasteiger partial charge on any atom is 0.344 e. The molecule has 0 spiro atoms. The highest BCUT2D eigenvalue weighted by atomic mass is 16.6. The number of para-hydroxylation sites is 1. The summed E-state index contributed by atoms with van der Waals surface area (Å²) >= 11 is 0. The van der Waals surface area contributed by atoms with Gasteiger partial charge in [0, 0.05) is 6.54 Å². The van der Waals surface area contributed by atoms with Gasteiger partial charge < -0.3 is 14.8 Å². The summed E-state index contributed by atoms with van der Waals surface area (Å²) in [6, 6.07) is 16.3. The third-order valence-corrected chi connectivity index (χ3v) is 3.73. The molecule has 0 radical (unpaired) electrons. The summed E-state index contributed by atoms with van der Waals surface area (Å²) in [4.78, 5) is 34.3. The molecule has 0 aliphatic heterocycles. The molecule has 2 rings (SSSR count). The van der Waals surface area contributed by atoms with E-state index in [0.717, 1.165) is 5.56 Å². The zero-order valence-corrected chi connectivity index (χ0v) is 14.5. The van der Waals surface area contributed by atoms with Crippen LogP contribution >= 0.6 is 0 Å². The molecule has 0 aliphatic rings. The fourth-order valence-electron chi connectivity index (χ4n) is 2.25. The highest BCUT2D eigenvalue weighted by Gasteiger charge is 2.11. The van der Waals surface area contributed by atoms with Crippen molar-refractivity contribution in [2.45, 2.75) is 12.8 Å². The van der Waals surface area contributed by atoms with Gasteiger partial charge in [-0.3, -0.25) is 9.59 Å². The van der Waals surface area contributed by atoms with Crippen LogP contribution in [0.5, 0.6) is 5.75 Å². The van der Waals surface area contributed by atoms with E-state index in [2.05, 4.69) is 5.32 Å². The second-order valence-corrected chi connectivity index (χ2v) is 5.72. The number of amides is 1. The number of rotatable bonds is 9. The van der Waals surface area contributed by atoms with Gasteiger partial charge in [0.05, 0.1) is 5.56 Å². The van der Waals surface area contributed by atoms with E-state index in [1.807, 2.05) is 37.3 Å². The van der Waals surface area contributed by atoms with E-state index in [4.69, 9.17) is 9.47 Å². The molecule has 0 saturated heterocycles. The standard InChI is InChI=1S/C20H21NO5/c1-15(16-7-3-2-4-8-16)11-21-19(23)13-26-20(24)14-25-18-10-6-5-9-17(18)12-22/h2-10,12,15H,11,13-14H2,1H3,(H,21,23)/t15-/m0/s1. The molecule has 0 unspecified atom stereocenters. The van der Waals surface area contributed by atoms with E-state index in [9.17, 15) is 14.4 Å². The third-order valence-electron chi connectivity index (χ3n) is 3.73. The van der Waals surface area contributed by atoms with Gasteiger partial charge in [-0.1, -0.05) is 49.4 Å². The Hall–Kier alpha value is -3.15. The van der Waals surface area contributed by atoms with Crippen molar-refractivity contribution in [1.29, 1.82) is 0 Å². The molecule has 2 aromatic rings. The molecule has 26 heavy (non-hydrogen) atoms. The van der Waals surface area contributed by atoms with Crippen LogP contribution in [0.4, 0.5) is 0 Å². The van der Waals surface area contributed by atoms with Crippen LogP contribution in [0, 0.1) is 0 Å². The Labute approximate surface area is 152 Å². The van der Waals surface area contributed by atoms with Crippen molar-refractivity contribution in [2.24, 2.45) is 0 Å². The van der Waals surface area contributed by atoms with E-state index < -0.39 is 5.97 Å². The summed E-state index contributed by atoms with van der Waals surface area (Å²) in [5, 5.41) is 2.73. The van der Waals surface area contributed by atoms with E-state index in [0.29, 0.717) is 24.1 Å². The highest BCUT2D eigenvalue weighted by Crippen LogP contribution is 2.15. The minimum absolute atomic E-state index is 0.152. The molecule has 0 saturated carbocycles. The van der Waals surface area contributed by atoms with Crippen molar-refractivity contribution in [3.05, 3.63) is 65.7 Å². The van der Waals surface area contributed by atoms with Crippen LogP contribution in [-0.4, -0.2) is 37.9 Å². The minimum Gasteiger partial charge on any atom is -0.481 e. The monoisotopic (exact) mass is 355 g/mol. The van der Waals surface area contributed by atoms with Crippen LogP contribution in [0.25, 0.3) is 0 Å². The second kappa shape index (κ2) is 9.98. The quantitative estimate of drug-likeness (QED) is 0.551. The van der Waals surface area contributed by atoms with Gasteiger partial charge >= 0.3 is 5.97 Å². The maximum atomic E-state index is 11.8. The van der Waals surface area contributed by atoms with E-state index in [-0.39, 0.29) is 25.0 Å². The number of nitrogens with one attached hydrogen (secondary N) is 1. The predicted molar refractivity (Wildman–Crippen MR) is 96.2 cm³/mol. The van der Waals surface area contributed by atoms with Crippen LogP contribution in [0.2, 0.25) is 0 Å². The molecule has 0 fully saturated rings. The predicted octanol–water partition coefficient (Wildman–Crippen LogP) is 2.34. The normalized spacial score (nSPS) is 11.3. The molecule has 0 aromatic heterocycles. The first-order chi connectivity index (χ1) is 12.6. The molecule has 1 N–H and O–H groups in total. The summed E-state index contributed by atoms with van der Waals surface area (Å²) in [5.41, 5.74) is 1.46. The fourth-order valence-corrected chi connectivity index (χ4v) is 2.25. The van der Waals surface area contributed by atoms with Crippen molar-refractivity contribution in [3.8, 4) is 5.75 Å². The lowest BCUT2D eigenvalue weighted by Gasteiger charge is -2.13. The first-order valence-corrected chi connectivity index (χ1v) is 8.24. The number of aldehydes is 1. The number of carbonyl (C=O) groups is 3. The number of esters is 1. The number of hydrogen-bond donors (Lipinski definition) is 1. The summed E-state index contributed by atoms with van der Waals surface area (Å²) in [6.07, 6.45) is 0.641. The van der Waals surface area contributed by atoms with Gasteiger partial charge in [-0.15, -0.1) is 0 Å². The van der Waals surface area contributed by atoms with Crippen molar-refractivity contribution in [3.63, 3.8) is 0 Å².